The van der Waals surface area contributed by atoms with Gasteiger partial charge in [0.25, 0.3) is 5.91 Å². The summed E-state index contributed by atoms with van der Waals surface area (Å²) >= 11 is 12.8. The van der Waals surface area contributed by atoms with Gasteiger partial charge in [0.15, 0.2) is 0 Å². The Balaban J connectivity index is 1.05. The standard InChI is InChI=1S/C40H33Cl2N5O3S/c41-32-15-18-36(37(42)22-32)38-25-46(34-7-4-8-35(23-34)47-26-40(48)44-51(47,49)50)39(43-38)21-27-9-11-29(12-10-27)30-13-16-33(17-14-30)45-20-19-31(24-45)28-5-2-1-3-6-28/h1-18,22-23,25,31H,19-21,24,26H2,(H,44,48)/t31-/m0/s1. The van der Waals surface area contributed by atoms with E-state index in [1.54, 1.807) is 30.3 Å². The molecule has 3 heterocycles. The van der Waals surface area contributed by atoms with E-state index < -0.39 is 16.1 Å². The van der Waals surface area contributed by atoms with E-state index in [4.69, 9.17) is 28.2 Å². The van der Waals surface area contributed by atoms with Gasteiger partial charge in [0, 0.05) is 53.6 Å². The zero-order chi connectivity index (χ0) is 35.1. The van der Waals surface area contributed by atoms with Crippen LogP contribution in [0.3, 0.4) is 0 Å². The molecule has 2 fully saturated rings. The van der Waals surface area contributed by atoms with Gasteiger partial charge in [-0.1, -0.05) is 96.0 Å². The SMILES string of the molecule is O=C1CN(c2cccc(-n3cc(-c4ccc(Cl)cc4Cl)nc3Cc3ccc(-c4ccc(N5CC[C@H](c6ccccc6)C5)cc4)cc3)c2)S(=O)(=O)N1. The highest BCUT2D eigenvalue weighted by Crippen LogP contribution is 2.34. The maximum Gasteiger partial charge on any atom is 0.326 e. The molecule has 2 saturated heterocycles. The lowest BCUT2D eigenvalue weighted by molar-refractivity contribution is -0.117. The van der Waals surface area contributed by atoms with E-state index in [0.717, 1.165) is 51.9 Å². The fourth-order valence-electron chi connectivity index (χ4n) is 6.92. The van der Waals surface area contributed by atoms with Gasteiger partial charge in [0.2, 0.25) is 0 Å². The highest BCUT2D eigenvalue weighted by molar-refractivity contribution is 7.92. The van der Waals surface area contributed by atoms with Crippen LogP contribution in [-0.4, -0.2) is 43.5 Å². The first-order valence-corrected chi connectivity index (χ1v) is 18.9. The van der Waals surface area contributed by atoms with Crippen LogP contribution >= 0.6 is 23.2 Å². The van der Waals surface area contributed by atoms with Crippen molar-refractivity contribution >= 4 is 50.7 Å². The van der Waals surface area contributed by atoms with Gasteiger partial charge >= 0.3 is 10.2 Å². The fourth-order valence-corrected chi connectivity index (χ4v) is 8.57. The molecule has 0 bridgehead atoms. The molecule has 0 spiro atoms. The molecule has 2 aliphatic heterocycles. The Kier molecular flexibility index (Phi) is 8.79. The number of benzene rings is 5. The van der Waals surface area contributed by atoms with Gasteiger partial charge in [-0.25, -0.2) is 14.0 Å². The molecule has 1 amide bonds. The molecular weight excluding hydrogens is 701 g/mol. The summed E-state index contributed by atoms with van der Waals surface area (Å²) in [6.45, 7) is 1.79. The van der Waals surface area contributed by atoms with Crippen molar-refractivity contribution in [3.8, 4) is 28.1 Å². The predicted molar refractivity (Wildman–Crippen MR) is 204 cm³/mol. The number of hydrogen-bond acceptors (Lipinski definition) is 5. The van der Waals surface area contributed by atoms with Gasteiger partial charge in [-0.15, -0.1) is 0 Å². The molecule has 1 aromatic heterocycles. The Morgan fingerprint density at radius 2 is 1.51 bits per heavy atom. The van der Waals surface area contributed by atoms with E-state index >= 15 is 0 Å². The van der Waals surface area contributed by atoms with E-state index in [1.807, 2.05) is 27.6 Å². The minimum Gasteiger partial charge on any atom is -0.371 e. The summed E-state index contributed by atoms with van der Waals surface area (Å²) < 4.78 is 30.2. The molecule has 0 unspecified atom stereocenters. The van der Waals surface area contributed by atoms with Crippen molar-refractivity contribution in [1.82, 2.24) is 14.3 Å². The molecule has 8 nitrogen and oxygen atoms in total. The average Bonchev–Trinajstić information content (AvgIpc) is 3.86. The van der Waals surface area contributed by atoms with E-state index in [9.17, 15) is 13.2 Å². The van der Waals surface area contributed by atoms with Crippen molar-refractivity contribution in [1.29, 1.82) is 0 Å². The molecule has 0 saturated carbocycles. The first-order chi connectivity index (χ1) is 24.7. The van der Waals surface area contributed by atoms with E-state index in [-0.39, 0.29) is 6.54 Å². The number of carbonyl (C=O) groups is 1. The molecule has 0 radical (unpaired) electrons. The maximum absolute atomic E-state index is 12.6. The highest BCUT2D eigenvalue weighted by atomic mass is 35.5. The van der Waals surface area contributed by atoms with E-state index in [1.165, 1.54) is 11.3 Å². The van der Waals surface area contributed by atoms with Crippen LogP contribution in [0, 0.1) is 0 Å². The Morgan fingerprint density at radius 3 is 2.22 bits per heavy atom. The summed E-state index contributed by atoms with van der Waals surface area (Å²) in [5, 5.41) is 0.991. The molecule has 1 N–H and O–H groups in total. The molecule has 0 aliphatic carbocycles. The third-order valence-corrected chi connectivity index (χ3v) is 11.5. The summed E-state index contributed by atoms with van der Waals surface area (Å²) in [5.74, 6) is 0.705. The second-order valence-electron chi connectivity index (χ2n) is 12.9. The number of hydrogen-bond donors (Lipinski definition) is 1. The number of aromatic nitrogens is 2. The van der Waals surface area contributed by atoms with Crippen LogP contribution in [0.15, 0.2) is 128 Å². The number of carbonyl (C=O) groups excluding carboxylic acids is 1. The number of rotatable bonds is 8. The third kappa shape index (κ3) is 6.85. The summed E-state index contributed by atoms with van der Waals surface area (Å²) in [6.07, 6.45) is 3.53. The largest absolute Gasteiger partial charge is 0.371 e. The highest BCUT2D eigenvalue weighted by Gasteiger charge is 2.34. The summed E-state index contributed by atoms with van der Waals surface area (Å²) in [6, 6.07) is 40.3. The van der Waals surface area contributed by atoms with Gasteiger partial charge in [-0.05, 0) is 77.2 Å². The molecule has 5 aromatic carbocycles. The van der Waals surface area contributed by atoms with Gasteiger partial charge in [0.1, 0.15) is 12.4 Å². The lowest BCUT2D eigenvalue weighted by Crippen LogP contribution is -2.29. The number of nitrogens with one attached hydrogen (secondary N) is 1. The molecule has 51 heavy (non-hydrogen) atoms. The minimum absolute atomic E-state index is 0.281. The summed E-state index contributed by atoms with van der Waals surface area (Å²) in [4.78, 5) is 19.4. The first kappa shape index (κ1) is 33.1. The van der Waals surface area contributed by atoms with Crippen LogP contribution in [0.4, 0.5) is 11.4 Å². The number of halogens is 2. The van der Waals surface area contributed by atoms with Crippen molar-refractivity contribution in [3.05, 3.63) is 155 Å². The molecule has 11 heteroatoms. The van der Waals surface area contributed by atoms with Crippen LogP contribution in [0.1, 0.15) is 29.3 Å². The number of anilines is 2. The smallest absolute Gasteiger partial charge is 0.326 e. The van der Waals surface area contributed by atoms with Crippen LogP contribution in [-0.2, 0) is 21.4 Å². The quantitative estimate of drug-likeness (QED) is 0.170. The summed E-state index contributed by atoms with van der Waals surface area (Å²) in [7, 11) is -3.96. The van der Waals surface area contributed by atoms with Crippen molar-refractivity contribution in [2.24, 2.45) is 0 Å². The molecule has 8 rings (SSSR count). The maximum atomic E-state index is 12.6. The van der Waals surface area contributed by atoms with Crippen LogP contribution < -0.4 is 13.9 Å². The second-order valence-corrected chi connectivity index (χ2v) is 15.3. The third-order valence-electron chi connectivity index (χ3n) is 9.54. The molecule has 256 valence electrons. The Bertz CT molecular complexity index is 2350. The lowest BCUT2D eigenvalue weighted by Gasteiger charge is -2.19. The number of imidazole rings is 1. The van der Waals surface area contributed by atoms with Crippen LogP contribution in [0.25, 0.3) is 28.1 Å². The predicted octanol–water partition coefficient (Wildman–Crippen LogP) is 8.28. The zero-order valence-corrected chi connectivity index (χ0v) is 29.7. The van der Waals surface area contributed by atoms with Crippen molar-refractivity contribution in [2.45, 2.75) is 18.8 Å². The number of amides is 1. The average molecular weight is 735 g/mol. The number of nitrogens with zero attached hydrogens (tertiary/aromatic N) is 4. The Hall–Kier alpha value is -5.09. The molecule has 2 aliphatic rings. The fraction of sp³-hybridized carbons (Fsp3) is 0.150. The molecule has 6 aromatic rings. The topological polar surface area (TPSA) is 87.5 Å². The van der Waals surface area contributed by atoms with Crippen molar-refractivity contribution < 1.29 is 13.2 Å². The summed E-state index contributed by atoms with van der Waals surface area (Å²) in [5.41, 5.74) is 8.38. The van der Waals surface area contributed by atoms with Gasteiger partial charge < -0.3 is 9.47 Å². The van der Waals surface area contributed by atoms with Crippen molar-refractivity contribution in [2.75, 3.05) is 28.8 Å². The lowest BCUT2D eigenvalue weighted by atomic mass is 9.99. The van der Waals surface area contributed by atoms with Gasteiger partial charge in [-0.2, -0.15) is 8.42 Å². The zero-order valence-electron chi connectivity index (χ0n) is 27.4. The van der Waals surface area contributed by atoms with Gasteiger partial charge in [0.05, 0.1) is 16.4 Å². The second kappa shape index (κ2) is 13.6. The Morgan fingerprint density at radius 1 is 0.784 bits per heavy atom. The minimum atomic E-state index is -3.96. The van der Waals surface area contributed by atoms with Crippen LogP contribution in [0.2, 0.25) is 10.0 Å². The van der Waals surface area contributed by atoms with Crippen LogP contribution in [0.5, 0.6) is 0 Å². The van der Waals surface area contributed by atoms with Crippen molar-refractivity contribution in [3.63, 3.8) is 0 Å². The molecular formula is C40H33Cl2N5O3S. The first-order valence-electron chi connectivity index (χ1n) is 16.7. The Labute approximate surface area is 307 Å². The monoisotopic (exact) mass is 733 g/mol. The normalized spacial score (nSPS) is 16.8. The van der Waals surface area contributed by atoms with E-state index in [0.29, 0.717) is 39.5 Å². The van der Waals surface area contributed by atoms with E-state index in [2.05, 4.69) is 83.8 Å². The molecule has 1 atom stereocenters. The van der Waals surface area contributed by atoms with Gasteiger partial charge in [-0.3, -0.25) is 4.79 Å².